The van der Waals surface area contributed by atoms with E-state index in [1.54, 1.807) is 35.1 Å². The molecule has 1 saturated heterocycles. The average Bonchev–Trinajstić information content (AvgIpc) is 2.58. The van der Waals surface area contributed by atoms with Gasteiger partial charge in [-0.1, -0.05) is 12.1 Å². The molecule has 1 aliphatic heterocycles. The summed E-state index contributed by atoms with van der Waals surface area (Å²) in [6.45, 7) is 2.67. The summed E-state index contributed by atoms with van der Waals surface area (Å²) in [7, 11) is 1.58. The van der Waals surface area contributed by atoms with Crippen molar-refractivity contribution >= 4 is 11.8 Å². The molecule has 1 aromatic carbocycles. The van der Waals surface area contributed by atoms with Gasteiger partial charge >= 0.3 is 0 Å². The van der Waals surface area contributed by atoms with E-state index in [2.05, 4.69) is 0 Å². The number of amides is 2. The van der Waals surface area contributed by atoms with Crippen molar-refractivity contribution in [2.24, 2.45) is 0 Å². The van der Waals surface area contributed by atoms with Crippen molar-refractivity contribution in [2.45, 2.75) is 0 Å². The van der Waals surface area contributed by atoms with Crippen LogP contribution in [0.1, 0.15) is 10.4 Å². The number of piperazine rings is 1. The van der Waals surface area contributed by atoms with Crippen molar-refractivity contribution in [1.82, 2.24) is 9.80 Å². The van der Waals surface area contributed by atoms with E-state index in [1.165, 1.54) is 6.07 Å². The molecule has 1 aromatic rings. The SMILES string of the molecule is COCCOCC(=O)N1CCN(C(=O)c2ccccc2O)CC1. The first-order valence-electron chi connectivity index (χ1n) is 7.55. The fourth-order valence-electron chi connectivity index (χ4n) is 2.38. The maximum Gasteiger partial charge on any atom is 0.257 e. The van der Waals surface area contributed by atoms with Gasteiger partial charge in [-0.25, -0.2) is 0 Å². The Balaban J connectivity index is 1.80. The number of nitrogens with zero attached hydrogens (tertiary/aromatic N) is 2. The summed E-state index contributed by atoms with van der Waals surface area (Å²) in [6, 6.07) is 6.47. The number of phenolic OH excluding ortho intramolecular Hbond substituents is 1. The Morgan fingerprint density at radius 2 is 1.74 bits per heavy atom. The van der Waals surface area contributed by atoms with Gasteiger partial charge in [-0.3, -0.25) is 9.59 Å². The second-order valence-corrected chi connectivity index (χ2v) is 5.24. The molecule has 1 aliphatic rings. The van der Waals surface area contributed by atoms with Crippen molar-refractivity contribution in [3.63, 3.8) is 0 Å². The number of rotatable bonds is 6. The van der Waals surface area contributed by atoms with Crippen molar-refractivity contribution < 1.29 is 24.2 Å². The van der Waals surface area contributed by atoms with Crippen molar-refractivity contribution in [2.75, 3.05) is 53.1 Å². The van der Waals surface area contributed by atoms with E-state index < -0.39 is 0 Å². The van der Waals surface area contributed by atoms with Gasteiger partial charge in [-0.15, -0.1) is 0 Å². The third kappa shape index (κ3) is 4.67. The Hall–Kier alpha value is -2.12. The molecule has 0 atom stereocenters. The summed E-state index contributed by atoms with van der Waals surface area (Å²) in [6.07, 6.45) is 0. The summed E-state index contributed by atoms with van der Waals surface area (Å²) in [5.74, 6) is -0.329. The van der Waals surface area contributed by atoms with Crippen LogP contribution in [0.2, 0.25) is 0 Å². The first kappa shape index (κ1) is 17.2. The van der Waals surface area contributed by atoms with Crippen molar-refractivity contribution in [3.05, 3.63) is 29.8 Å². The molecule has 7 heteroatoms. The van der Waals surface area contributed by atoms with Crippen LogP contribution in [-0.4, -0.2) is 79.8 Å². The highest BCUT2D eigenvalue weighted by Crippen LogP contribution is 2.18. The first-order valence-corrected chi connectivity index (χ1v) is 7.55. The highest BCUT2D eigenvalue weighted by atomic mass is 16.5. The lowest BCUT2D eigenvalue weighted by Gasteiger charge is -2.34. The number of aromatic hydroxyl groups is 1. The average molecular weight is 322 g/mol. The molecule has 1 fully saturated rings. The lowest BCUT2D eigenvalue weighted by molar-refractivity contribution is -0.138. The largest absolute Gasteiger partial charge is 0.507 e. The van der Waals surface area contributed by atoms with E-state index >= 15 is 0 Å². The molecule has 0 radical (unpaired) electrons. The Morgan fingerprint density at radius 1 is 1.09 bits per heavy atom. The number of hydrogen-bond acceptors (Lipinski definition) is 5. The molecule has 7 nitrogen and oxygen atoms in total. The third-order valence-corrected chi connectivity index (χ3v) is 3.71. The molecule has 1 N–H and O–H groups in total. The van der Waals surface area contributed by atoms with Crippen LogP contribution in [0, 0.1) is 0 Å². The maximum absolute atomic E-state index is 12.4. The minimum absolute atomic E-state index is 0.0246. The fourth-order valence-corrected chi connectivity index (χ4v) is 2.38. The Kier molecular flexibility index (Phi) is 6.37. The van der Waals surface area contributed by atoms with E-state index in [4.69, 9.17) is 9.47 Å². The molecule has 0 bridgehead atoms. The second kappa shape index (κ2) is 8.50. The van der Waals surface area contributed by atoms with E-state index in [0.717, 1.165) is 0 Å². The van der Waals surface area contributed by atoms with E-state index in [1.807, 2.05) is 0 Å². The summed E-state index contributed by atoms with van der Waals surface area (Å²) < 4.78 is 10.1. The topological polar surface area (TPSA) is 79.3 Å². The van der Waals surface area contributed by atoms with Gasteiger partial charge in [0.15, 0.2) is 0 Å². The van der Waals surface area contributed by atoms with Gasteiger partial charge in [0.2, 0.25) is 5.91 Å². The van der Waals surface area contributed by atoms with Crippen LogP contribution in [0.25, 0.3) is 0 Å². The Morgan fingerprint density at radius 3 is 2.39 bits per heavy atom. The highest BCUT2D eigenvalue weighted by Gasteiger charge is 2.25. The smallest absolute Gasteiger partial charge is 0.257 e. The number of carbonyl (C=O) groups excluding carboxylic acids is 2. The molecular weight excluding hydrogens is 300 g/mol. The fraction of sp³-hybridized carbons (Fsp3) is 0.500. The van der Waals surface area contributed by atoms with Crippen LogP contribution in [0.5, 0.6) is 5.75 Å². The number of carbonyl (C=O) groups is 2. The third-order valence-electron chi connectivity index (χ3n) is 3.71. The van der Waals surface area contributed by atoms with E-state index in [9.17, 15) is 14.7 Å². The van der Waals surface area contributed by atoms with Crippen LogP contribution in [0.15, 0.2) is 24.3 Å². The zero-order chi connectivity index (χ0) is 16.7. The lowest BCUT2D eigenvalue weighted by atomic mass is 10.1. The first-order chi connectivity index (χ1) is 11.1. The van der Waals surface area contributed by atoms with Crippen LogP contribution < -0.4 is 0 Å². The number of hydrogen-bond donors (Lipinski definition) is 1. The van der Waals surface area contributed by atoms with Crippen molar-refractivity contribution in [1.29, 1.82) is 0 Å². The summed E-state index contributed by atoms with van der Waals surface area (Å²) in [4.78, 5) is 27.7. The predicted octanol–water partition coefficient (Wildman–Crippen LogP) is 0.340. The zero-order valence-corrected chi connectivity index (χ0v) is 13.2. The van der Waals surface area contributed by atoms with Gasteiger partial charge in [0.25, 0.3) is 5.91 Å². The molecule has 2 rings (SSSR count). The maximum atomic E-state index is 12.4. The molecule has 0 aromatic heterocycles. The normalized spacial score (nSPS) is 14.8. The molecule has 126 valence electrons. The summed E-state index contributed by atoms with van der Waals surface area (Å²) in [5, 5.41) is 9.75. The molecule has 1 heterocycles. The lowest BCUT2D eigenvalue weighted by Crippen LogP contribution is -2.51. The minimum atomic E-state index is -0.216. The molecule has 2 amide bonds. The van der Waals surface area contributed by atoms with Gasteiger partial charge in [-0.2, -0.15) is 0 Å². The van der Waals surface area contributed by atoms with Gasteiger partial charge in [-0.05, 0) is 12.1 Å². The standard InChI is InChI=1S/C16H22N2O5/c1-22-10-11-23-12-15(20)17-6-8-18(9-7-17)16(21)13-4-2-3-5-14(13)19/h2-5,19H,6-12H2,1H3. The Labute approximate surface area is 135 Å². The van der Waals surface area contributed by atoms with Crippen molar-refractivity contribution in [3.8, 4) is 5.75 Å². The highest BCUT2D eigenvalue weighted by molar-refractivity contribution is 5.97. The van der Waals surface area contributed by atoms with E-state index in [-0.39, 0.29) is 29.7 Å². The number of phenols is 1. The van der Waals surface area contributed by atoms with Gasteiger partial charge in [0.1, 0.15) is 12.4 Å². The van der Waals surface area contributed by atoms with Crippen LogP contribution >= 0.6 is 0 Å². The van der Waals surface area contributed by atoms with Gasteiger partial charge < -0.3 is 24.4 Å². The molecule has 0 aliphatic carbocycles. The number of para-hydroxylation sites is 1. The molecular formula is C16H22N2O5. The summed E-state index contributed by atoms with van der Waals surface area (Å²) >= 11 is 0. The predicted molar refractivity (Wildman–Crippen MR) is 83.3 cm³/mol. The van der Waals surface area contributed by atoms with Gasteiger partial charge in [0, 0.05) is 33.3 Å². The van der Waals surface area contributed by atoms with Crippen LogP contribution in [0.4, 0.5) is 0 Å². The number of benzene rings is 1. The quantitative estimate of drug-likeness (QED) is 0.764. The number of ether oxygens (including phenoxy) is 2. The monoisotopic (exact) mass is 322 g/mol. The Bertz CT molecular complexity index is 541. The molecule has 0 saturated carbocycles. The molecule has 0 spiro atoms. The van der Waals surface area contributed by atoms with E-state index in [0.29, 0.717) is 39.4 Å². The minimum Gasteiger partial charge on any atom is -0.507 e. The van der Waals surface area contributed by atoms with Gasteiger partial charge in [0.05, 0.1) is 18.8 Å². The zero-order valence-electron chi connectivity index (χ0n) is 13.2. The van der Waals surface area contributed by atoms with Crippen LogP contribution in [-0.2, 0) is 14.3 Å². The second-order valence-electron chi connectivity index (χ2n) is 5.24. The number of methoxy groups -OCH3 is 1. The summed E-state index contributed by atoms with van der Waals surface area (Å²) in [5.41, 5.74) is 0.287. The van der Waals surface area contributed by atoms with Crippen LogP contribution in [0.3, 0.4) is 0 Å². The molecule has 23 heavy (non-hydrogen) atoms. The molecule has 0 unspecified atom stereocenters.